The fourth-order valence-corrected chi connectivity index (χ4v) is 4.19. The third-order valence-corrected chi connectivity index (χ3v) is 5.84. The van der Waals surface area contributed by atoms with Gasteiger partial charge in [0, 0.05) is 17.1 Å². The summed E-state index contributed by atoms with van der Waals surface area (Å²) in [6, 6.07) is 12.4. The number of benzene rings is 2. The van der Waals surface area contributed by atoms with Crippen LogP contribution in [0, 0.1) is 17.2 Å². The van der Waals surface area contributed by atoms with Crippen LogP contribution in [0.3, 0.4) is 0 Å². The van der Waals surface area contributed by atoms with E-state index in [-0.39, 0.29) is 23.7 Å². The van der Waals surface area contributed by atoms with Crippen molar-refractivity contribution in [2.75, 3.05) is 18.4 Å². The zero-order valence-corrected chi connectivity index (χ0v) is 19.1. The van der Waals surface area contributed by atoms with Crippen LogP contribution in [0.5, 0.6) is 0 Å². The molecule has 2 N–H and O–H groups in total. The number of fused-ring (bicyclic) bond motifs is 1. The van der Waals surface area contributed by atoms with Gasteiger partial charge >= 0.3 is 6.09 Å². The monoisotopic (exact) mass is 465 g/mol. The molecule has 0 radical (unpaired) electrons. The summed E-state index contributed by atoms with van der Waals surface area (Å²) in [5, 5.41) is 20.9. The van der Waals surface area contributed by atoms with Crippen molar-refractivity contribution < 1.29 is 14.3 Å². The Balaban J connectivity index is 1.87. The topological polar surface area (TPSA) is 109 Å². The van der Waals surface area contributed by atoms with Crippen molar-refractivity contribution in [2.24, 2.45) is 5.92 Å². The van der Waals surface area contributed by atoms with Crippen LogP contribution >= 0.6 is 11.6 Å². The lowest BCUT2D eigenvalue weighted by Gasteiger charge is -2.21. The second kappa shape index (κ2) is 9.61. The third kappa shape index (κ3) is 4.70. The van der Waals surface area contributed by atoms with Gasteiger partial charge in [0.25, 0.3) is 0 Å². The minimum Gasteiger partial charge on any atom is -0.445 e. The van der Waals surface area contributed by atoms with E-state index in [1.165, 1.54) is 0 Å². The highest BCUT2D eigenvalue weighted by molar-refractivity contribution is 6.34. The minimum atomic E-state index is -0.649. The fraction of sp³-hybridized carbons (Fsp3) is 0.333. The summed E-state index contributed by atoms with van der Waals surface area (Å²) in [6.07, 6.45) is 0.697. The number of hydrogen-bond donors (Lipinski definition) is 2. The third-order valence-electron chi connectivity index (χ3n) is 5.51. The molecule has 3 aromatic rings. The standard InChI is InChI=1S/C24H24ClN5O3/c1-14(2)33-24(32)30-20-7-3-6-17(18-11-15(12-26)8-9-19(18)25)21(20)22(29-30)28-23(31)16-5-4-10-27-13-16/h3,6-9,11,14,16,27H,4-5,10,13H2,1-2H3,(H,28,29,31)/t16-/m1/s1. The Hall–Kier alpha value is -3.41. The predicted octanol–water partition coefficient (Wildman–Crippen LogP) is 4.56. The van der Waals surface area contributed by atoms with Crippen molar-refractivity contribution in [3.8, 4) is 17.2 Å². The summed E-state index contributed by atoms with van der Waals surface area (Å²) >= 11 is 6.48. The lowest BCUT2D eigenvalue weighted by molar-refractivity contribution is -0.120. The molecule has 1 saturated heterocycles. The minimum absolute atomic E-state index is 0.169. The van der Waals surface area contributed by atoms with Crippen LogP contribution in [0.15, 0.2) is 36.4 Å². The molecule has 0 spiro atoms. The van der Waals surface area contributed by atoms with Crippen molar-refractivity contribution in [2.45, 2.75) is 32.8 Å². The number of nitrogens with one attached hydrogen (secondary N) is 2. The van der Waals surface area contributed by atoms with Crippen molar-refractivity contribution >= 4 is 40.3 Å². The maximum Gasteiger partial charge on any atom is 0.435 e. The van der Waals surface area contributed by atoms with E-state index in [0.717, 1.165) is 24.1 Å². The van der Waals surface area contributed by atoms with E-state index in [1.54, 1.807) is 44.2 Å². The quantitative estimate of drug-likeness (QED) is 0.584. The first kappa shape index (κ1) is 22.8. The van der Waals surface area contributed by atoms with E-state index >= 15 is 0 Å². The van der Waals surface area contributed by atoms with Crippen molar-refractivity contribution in [3.63, 3.8) is 0 Å². The van der Waals surface area contributed by atoms with Crippen LogP contribution in [-0.4, -0.2) is 41.0 Å². The molecule has 0 aliphatic carbocycles. The largest absolute Gasteiger partial charge is 0.445 e. The van der Waals surface area contributed by atoms with Gasteiger partial charge in [-0.15, -0.1) is 5.10 Å². The molecular weight excluding hydrogens is 442 g/mol. The maximum absolute atomic E-state index is 13.0. The molecule has 4 rings (SSSR count). The van der Waals surface area contributed by atoms with Crippen LogP contribution < -0.4 is 10.6 Å². The number of anilines is 1. The lowest BCUT2D eigenvalue weighted by Crippen LogP contribution is -2.37. The van der Waals surface area contributed by atoms with Gasteiger partial charge in [0.2, 0.25) is 5.91 Å². The molecule has 1 aromatic heterocycles. The van der Waals surface area contributed by atoms with E-state index in [9.17, 15) is 14.9 Å². The molecule has 1 atom stereocenters. The van der Waals surface area contributed by atoms with Gasteiger partial charge in [-0.1, -0.05) is 23.7 Å². The molecule has 0 unspecified atom stereocenters. The average Bonchev–Trinajstić information content (AvgIpc) is 3.18. The number of halogens is 1. The molecule has 170 valence electrons. The molecule has 2 heterocycles. The SMILES string of the molecule is CC(C)OC(=O)n1nc(NC(=O)[C@@H]2CCCNC2)c2c(-c3cc(C#N)ccc3Cl)cccc21. The van der Waals surface area contributed by atoms with Gasteiger partial charge in [-0.05, 0) is 63.1 Å². The molecule has 0 saturated carbocycles. The number of amides is 1. The molecule has 33 heavy (non-hydrogen) atoms. The second-order valence-corrected chi connectivity index (χ2v) is 8.64. The predicted molar refractivity (Wildman–Crippen MR) is 126 cm³/mol. The molecule has 8 nitrogen and oxygen atoms in total. The Morgan fingerprint density at radius 2 is 2.12 bits per heavy atom. The number of aromatic nitrogens is 2. The summed E-state index contributed by atoms with van der Waals surface area (Å²) in [5.74, 6) is -0.118. The summed E-state index contributed by atoms with van der Waals surface area (Å²) in [7, 11) is 0. The molecular formula is C24H24ClN5O3. The van der Waals surface area contributed by atoms with E-state index < -0.39 is 6.09 Å². The van der Waals surface area contributed by atoms with Gasteiger partial charge in [-0.25, -0.2) is 4.79 Å². The Labute approximate surface area is 196 Å². The molecule has 1 amide bonds. The highest BCUT2D eigenvalue weighted by Gasteiger charge is 2.26. The van der Waals surface area contributed by atoms with Crippen LogP contribution in [0.2, 0.25) is 5.02 Å². The highest BCUT2D eigenvalue weighted by Crippen LogP contribution is 2.38. The molecule has 2 aromatic carbocycles. The number of rotatable bonds is 4. The molecule has 0 bridgehead atoms. The number of nitriles is 1. The molecule has 9 heteroatoms. The van der Waals surface area contributed by atoms with Gasteiger partial charge in [0.15, 0.2) is 5.82 Å². The first-order valence-electron chi connectivity index (χ1n) is 10.8. The maximum atomic E-state index is 13.0. The van der Waals surface area contributed by atoms with Crippen LogP contribution in [0.1, 0.15) is 32.3 Å². The number of carbonyl (C=O) groups is 2. The summed E-state index contributed by atoms with van der Waals surface area (Å²) in [6.45, 7) is 4.98. The van der Waals surface area contributed by atoms with Gasteiger partial charge in [0.05, 0.1) is 34.6 Å². The average molecular weight is 466 g/mol. The van der Waals surface area contributed by atoms with Crippen molar-refractivity contribution in [3.05, 3.63) is 47.0 Å². The number of nitrogens with zero attached hydrogens (tertiary/aromatic N) is 3. The molecule has 1 aliphatic rings. The molecule has 1 aliphatic heterocycles. The first-order chi connectivity index (χ1) is 15.9. The first-order valence-corrected chi connectivity index (χ1v) is 11.2. The smallest absolute Gasteiger partial charge is 0.435 e. The summed E-state index contributed by atoms with van der Waals surface area (Å²) in [4.78, 5) is 25.8. The van der Waals surface area contributed by atoms with E-state index in [2.05, 4.69) is 21.8 Å². The van der Waals surface area contributed by atoms with E-state index in [1.807, 2.05) is 6.07 Å². The van der Waals surface area contributed by atoms with Crippen LogP contribution in [-0.2, 0) is 9.53 Å². The highest BCUT2D eigenvalue weighted by atomic mass is 35.5. The van der Waals surface area contributed by atoms with Gasteiger partial charge < -0.3 is 15.4 Å². The lowest BCUT2D eigenvalue weighted by atomic mass is 9.98. The zero-order chi connectivity index (χ0) is 23.5. The number of hydrogen-bond acceptors (Lipinski definition) is 6. The van der Waals surface area contributed by atoms with Crippen molar-refractivity contribution in [1.29, 1.82) is 5.26 Å². The Morgan fingerprint density at radius 1 is 1.30 bits per heavy atom. The normalized spacial score (nSPS) is 15.9. The van der Waals surface area contributed by atoms with E-state index in [4.69, 9.17) is 16.3 Å². The number of carbonyl (C=O) groups excluding carboxylic acids is 2. The van der Waals surface area contributed by atoms with Crippen LogP contribution in [0.25, 0.3) is 22.0 Å². The summed E-state index contributed by atoms with van der Waals surface area (Å²) in [5.41, 5.74) is 2.16. The fourth-order valence-electron chi connectivity index (χ4n) is 3.97. The molecule has 1 fully saturated rings. The van der Waals surface area contributed by atoms with Crippen molar-refractivity contribution in [1.82, 2.24) is 15.1 Å². The zero-order valence-electron chi connectivity index (χ0n) is 18.4. The van der Waals surface area contributed by atoms with Crippen LogP contribution in [0.4, 0.5) is 10.6 Å². The second-order valence-electron chi connectivity index (χ2n) is 8.23. The van der Waals surface area contributed by atoms with E-state index in [0.29, 0.717) is 39.2 Å². The van der Waals surface area contributed by atoms with Gasteiger partial charge in [-0.2, -0.15) is 9.94 Å². The summed E-state index contributed by atoms with van der Waals surface area (Å²) < 4.78 is 6.50. The van der Waals surface area contributed by atoms with Gasteiger partial charge in [0.1, 0.15) is 0 Å². The Morgan fingerprint density at radius 3 is 2.82 bits per heavy atom. The van der Waals surface area contributed by atoms with Gasteiger partial charge in [-0.3, -0.25) is 4.79 Å². The Bertz CT molecular complexity index is 1250. The number of ether oxygens (including phenoxy) is 1. The Kier molecular flexibility index (Phi) is 6.63. The number of piperidine rings is 1.